The van der Waals surface area contributed by atoms with E-state index < -0.39 is 11.2 Å². The Labute approximate surface area is 288 Å². The molecule has 1 unspecified atom stereocenters. The van der Waals surface area contributed by atoms with Gasteiger partial charge in [-0.25, -0.2) is 14.6 Å². The van der Waals surface area contributed by atoms with E-state index in [0.717, 1.165) is 56.5 Å². The Balaban J connectivity index is 1.41. The van der Waals surface area contributed by atoms with Crippen LogP contribution in [0.3, 0.4) is 0 Å². The minimum atomic E-state index is -0.501. The third kappa shape index (κ3) is 8.11. The van der Waals surface area contributed by atoms with E-state index in [1.54, 1.807) is 0 Å². The zero-order chi connectivity index (χ0) is 33.4. The lowest BCUT2D eigenvalue weighted by Crippen LogP contribution is -2.39. The molecule has 252 valence electrons. The highest BCUT2D eigenvalue weighted by atomic mass is 127. The molecule has 3 heterocycles. The molecule has 5 rings (SSSR count). The Kier molecular flexibility index (Phi) is 10.5. The average Bonchev–Trinajstić information content (AvgIpc) is 3.37. The van der Waals surface area contributed by atoms with Crippen LogP contribution in [-0.2, 0) is 15.9 Å². The number of anilines is 2. The van der Waals surface area contributed by atoms with Crippen molar-refractivity contribution >= 4 is 58.1 Å². The molecule has 11 heteroatoms. The number of rotatable bonds is 3. The molecule has 0 bridgehead atoms. The van der Waals surface area contributed by atoms with Crippen molar-refractivity contribution in [1.82, 2.24) is 9.80 Å². The maximum Gasteiger partial charge on any atom is 0.410 e. The van der Waals surface area contributed by atoms with Gasteiger partial charge in [-0.2, -0.15) is 0 Å². The predicted molar refractivity (Wildman–Crippen MR) is 196 cm³/mol. The summed E-state index contributed by atoms with van der Waals surface area (Å²) in [5, 5.41) is 1.09. The summed E-state index contributed by atoms with van der Waals surface area (Å²) < 4.78 is 12.6. The molecule has 9 nitrogen and oxygen atoms in total. The number of fused-ring (bicyclic) bond motifs is 2. The van der Waals surface area contributed by atoms with Gasteiger partial charge in [-0.15, -0.1) is 0 Å². The lowest BCUT2D eigenvalue weighted by Gasteiger charge is -2.28. The number of halogens is 1. The van der Waals surface area contributed by atoms with Crippen LogP contribution in [0.5, 0.6) is 0 Å². The van der Waals surface area contributed by atoms with E-state index in [2.05, 4.69) is 69.1 Å². The molecule has 0 radical (unpaired) electrons. The number of benzene rings is 2. The van der Waals surface area contributed by atoms with Crippen LogP contribution in [0.15, 0.2) is 34.2 Å². The van der Waals surface area contributed by atoms with Crippen molar-refractivity contribution in [3.8, 4) is 0 Å². The molecule has 3 aliphatic rings. The van der Waals surface area contributed by atoms with Crippen LogP contribution in [0.2, 0.25) is 0 Å². The van der Waals surface area contributed by atoms with Gasteiger partial charge in [-0.3, -0.25) is 0 Å². The second-order valence-corrected chi connectivity index (χ2v) is 18.4. The van der Waals surface area contributed by atoms with E-state index >= 15 is 0 Å². The Morgan fingerprint density at radius 3 is 1.80 bits per heavy atom. The van der Waals surface area contributed by atoms with Gasteiger partial charge < -0.3 is 29.1 Å². The summed E-state index contributed by atoms with van der Waals surface area (Å²) >= 11 is 2.62. The van der Waals surface area contributed by atoms with Gasteiger partial charge in [0.2, 0.25) is 0 Å². The number of hydrogen-bond donors (Lipinski definition) is 0. The first kappa shape index (κ1) is 34.8. The van der Waals surface area contributed by atoms with Crippen molar-refractivity contribution in [3.05, 3.63) is 45.3 Å². The molecule has 2 saturated heterocycles. The summed E-state index contributed by atoms with van der Waals surface area (Å²) in [7, 11) is -0.198. The number of carbonyl (C=O) groups is 2. The third-order valence-electron chi connectivity index (χ3n) is 8.41. The molecule has 2 aromatic carbocycles. The first-order valence-corrected chi connectivity index (χ1v) is 20.3. The topological polar surface area (TPSA) is 77.9 Å². The van der Waals surface area contributed by atoms with E-state index in [1.807, 2.05) is 51.3 Å². The van der Waals surface area contributed by atoms with Crippen LogP contribution < -0.4 is 15.2 Å². The maximum absolute atomic E-state index is 12.8. The SMILES string of the molecule is CCc1cc(N2CCCN(C(=O)OC(C)(C)C)CC2)cc2c1N=c1c(C)cc(N3CCCN(C(=O)OC(C)(C)C)CC3)cc1=S2I. The lowest BCUT2D eigenvalue weighted by atomic mass is 10.1. The van der Waals surface area contributed by atoms with Crippen LogP contribution in [0, 0.1) is 11.4 Å². The summed E-state index contributed by atoms with van der Waals surface area (Å²) in [6.45, 7) is 21.8. The molecule has 0 saturated carbocycles. The van der Waals surface area contributed by atoms with Crippen molar-refractivity contribution in [3.63, 3.8) is 0 Å². The van der Waals surface area contributed by atoms with Crippen molar-refractivity contribution in [2.45, 2.75) is 90.7 Å². The quantitative estimate of drug-likeness (QED) is 0.236. The lowest BCUT2D eigenvalue weighted by molar-refractivity contribution is 0.0252. The van der Waals surface area contributed by atoms with Gasteiger partial charge in [-0.05, 0) is 124 Å². The molecule has 0 aromatic heterocycles. The van der Waals surface area contributed by atoms with Gasteiger partial charge in [0.25, 0.3) is 0 Å². The van der Waals surface area contributed by atoms with E-state index in [9.17, 15) is 9.59 Å². The number of hydrogen-bond acceptors (Lipinski definition) is 7. The summed E-state index contributed by atoms with van der Waals surface area (Å²) in [4.78, 5) is 40.7. The van der Waals surface area contributed by atoms with Gasteiger partial charge in [0.05, 0.1) is 11.0 Å². The summed E-state index contributed by atoms with van der Waals surface area (Å²) in [5.74, 6) is 0. The highest BCUT2D eigenvalue weighted by molar-refractivity contribution is 14.2. The van der Waals surface area contributed by atoms with Gasteiger partial charge in [0.15, 0.2) is 0 Å². The fraction of sp³-hybridized carbons (Fsp3) is 0.600. The van der Waals surface area contributed by atoms with Crippen molar-refractivity contribution in [2.24, 2.45) is 4.99 Å². The van der Waals surface area contributed by atoms with Crippen LogP contribution in [-0.4, -0.2) is 85.5 Å². The average molecular weight is 764 g/mol. The van der Waals surface area contributed by atoms with E-state index in [1.165, 1.54) is 31.9 Å². The molecule has 2 aromatic rings. The maximum atomic E-state index is 12.8. The minimum Gasteiger partial charge on any atom is -0.444 e. The van der Waals surface area contributed by atoms with E-state index in [-0.39, 0.29) is 19.8 Å². The van der Waals surface area contributed by atoms with Crippen molar-refractivity contribution < 1.29 is 19.1 Å². The van der Waals surface area contributed by atoms with Gasteiger partial charge in [0, 0.05) is 73.1 Å². The first-order valence-electron chi connectivity index (χ1n) is 16.5. The van der Waals surface area contributed by atoms with Crippen LogP contribution in [0.1, 0.15) is 72.4 Å². The minimum absolute atomic E-state index is 0.198. The Morgan fingerprint density at radius 2 is 1.30 bits per heavy atom. The zero-order valence-electron chi connectivity index (χ0n) is 28.7. The van der Waals surface area contributed by atoms with E-state index in [4.69, 9.17) is 14.5 Å². The molecule has 0 spiro atoms. The molecular formula is C35H50IN5O4S. The van der Waals surface area contributed by atoms with Gasteiger partial charge in [0.1, 0.15) is 11.2 Å². The van der Waals surface area contributed by atoms with Gasteiger partial charge >= 0.3 is 12.2 Å². The number of nitrogens with zero attached hydrogens (tertiary/aromatic N) is 5. The molecule has 0 aliphatic carbocycles. The molecule has 2 amide bonds. The monoisotopic (exact) mass is 763 g/mol. The Hall–Kier alpha value is -2.54. The van der Waals surface area contributed by atoms with Crippen LogP contribution in [0.25, 0.3) is 0 Å². The number of amides is 2. The second-order valence-electron chi connectivity index (χ2n) is 14.4. The normalized spacial score (nSPS) is 19.0. The second kappa shape index (κ2) is 13.9. The predicted octanol–water partition coefficient (Wildman–Crippen LogP) is 7.65. The summed E-state index contributed by atoms with van der Waals surface area (Å²) in [6.07, 6.45) is 2.23. The largest absolute Gasteiger partial charge is 0.444 e. The fourth-order valence-electron chi connectivity index (χ4n) is 6.16. The molecular weight excluding hydrogens is 713 g/mol. The van der Waals surface area contributed by atoms with Gasteiger partial charge in [-0.1, -0.05) is 14.6 Å². The fourth-order valence-corrected chi connectivity index (χ4v) is 9.58. The van der Waals surface area contributed by atoms with Crippen molar-refractivity contribution in [1.29, 1.82) is 0 Å². The van der Waals surface area contributed by atoms with Crippen LogP contribution >= 0.6 is 28.9 Å². The van der Waals surface area contributed by atoms with Crippen molar-refractivity contribution in [2.75, 3.05) is 62.2 Å². The first-order chi connectivity index (χ1) is 21.6. The molecule has 2 fully saturated rings. The smallest absolute Gasteiger partial charge is 0.410 e. The third-order valence-corrected chi connectivity index (χ3v) is 12.6. The number of carbonyl (C=O) groups excluding carboxylic acids is 2. The standard InChI is InChI=1S/C35H50IN5O4S/c1-9-25-21-27(39-13-11-15-41(19-17-39)33(43)45-35(6,7)8)23-29-31(25)37-30-24(2)20-26(22-28(30)46(29)36)38-12-10-14-40(18-16-38)32(42)44-34(3,4)5/h20-23H,9-19H2,1-8H3. The van der Waals surface area contributed by atoms with Crippen LogP contribution in [0.4, 0.5) is 26.7 Å². The number of ether oxygens (including phenoxy) is 2. The Morgan fingerprint density at radius 1 is 0.783 bits per heavy atom. The zero-order valence-corrected chi connectivity index (χ0v) is 31.7. The highest BCUT2D eigenvalue weighted by Crippen LogP contribution is 2.48. The molecule has 3 aliphatic heterocycles. The molecule has 1 atom stereocenters. The van der Waals surface area contributed by atoms with E-state index in [0.29, 0.717) is 26.2 Å². The summed E-state index contributed by atoms with van der Waals surface area (Å²) in [5.41, 5.74) is 4.95. The Bertz CT molecular complexity index is 1620. The molecule has 46 heavy (non-hydrogen) atoms. The number of aryl methyl sites for hydroxylation is 2. The summed E-state index contributed by atoms with van der Waals surface area (Å²) in [6, 6.07) is 9.24. The molecule has 0 N–H and O–H groups in total. The highest BCUT2D eigenvalue weighted by Gasteiger charge is 2.27.